The molecule has 0 saturated carbocycles. The first-order valence-electron chi connectivity index (χ1n) is 6.52. The summed E-state index contributed by atoms with van der Waals surface area (Å²) in [7, 11) is 0. The van der Waals surface area contributed by atoms with E-state index >= 15 is 0 Å². The number of piperidine rings is 2. The van der Waals surface area contributed by atoms with Crippen LogP contribution in [0.3, 0.4) is 0 Å². The topological polar surface area (TPSA) is 23.6 Å². The van der Waals surface area contributed by atoms with Crippen molar-refractivity contribution in [2.24, 2.45) is 10.8 Å². The Morgan fingerprint density at radius 2 is 1.56 bits per heavy atom. The Morgan fingerprint density at radius 3 is 1.94 bits per heavy atom. The fourth-order valence-corrected chi connectivity index (χ4v) is 4.30. The number of hydrogen-bond donors (Lipinski definition) is 0. The first kappa shape index (κ1) is 10.7. The number of ketones is 1. The van der Waals surface area contributed by atoms with Crippen LogP contribution in [-0.4, -0.2) is 47.9 Å². The van der Waals surface area contributed by atoms with E-state index in [1.807, 2.05) is 0 Å². The lowest BCUT2D eigenvalue weighted by atomic mass is 9.62. The van der Waals surface area contributed by atoms with Gasteiger partial charge >= 0.3 is 0 Å². The van der Waals surface area contributed by atoms with Crippen molar-refractivity contribution in [1.82, 2.24) is 9.80 Å². The second-order valence-corrected chi connectivity index (χ2v) is 6.53. The molecular formula is C13H22N2O. The number of carbonyl (C=O) groups is 1. The predicted molar refractivity (Wildman–Crippen MR) is 63.1 cm³/mol. The van der Waals surface area contributed by atoms with Crippen molar-refractivity contribution >= 4 is 5.78 Å². The van der Waals surface area contributed by atoms with Crippen molar-refractivity contribution in [1.29, 1.82) is 0 Å². The van der Waals surface area contributed by atoms with Gasteiger partial charge in [-0.25, -0.2) is 0 Å². The molecule has 90 valence electrons. The molecule has 3 heteroatoms. The zero-order valence-corrected chi connectivity index (χ0v) is 10.6. The van der Waals surface area contributed by atoms with E-state index in [1.165, 1.54) is 12.8 Å². The largest absolute Gasteiger partial charge is 0.298 e. The van der Waals surface area contributed by atoms with Crippen LogP contribution >= 0.6 is 0 Å². The van der Waals surface area contributed by atoms with Gasteiger partial charge in [-0.3, -0.25) is 14.6 Å². The van der Waals surface area contributed by atoms with Crippen LogP contribution in [0.25, 0.3) is 0 Å². The van der Waals surface area contributed by atoms with Crippen molar-refractivity contribution in [2.45, 2.75) is 39.8 Å². The van der Waals surface area contributed by atoms with E-state index in [0.717, 1.165) is 26.2 Å². The summed E-state index contributed by atoms with van der Waals surface area (Å²) in [5.41, 5.74) is -0.176. The maximum Gasteiger partial charge on any atom is 0.149 e. The zero-order valence-electron chi connectivity index (χ0n) is 10.6. The number of carbonyl (C=O) groups excluding carboxylic acids is 1. The van der Waals surface area contributed by atoms with Crippen LogP contribution in [0.1, 0.15) is 33.6 Å². The Kier molecular flexibility index (Phi) is 2.06. The average molecular weight is 222 g/mol. The minimum atomic E-state index is -0.0878. The minimum Gasteiger partial charge on any atom is -0.298 e. The fourth-order valence-electron chi connectivity index (χ4n) is 4.30. The third kappa shape index (κ3) is 1.19. The van der Waals surface area contributed by atoms with Gasteiger partial charge in [-0.2, -0.15) is 0 Å². The van der Waals surface area contributed by atoms with Gasteiger partial charge in [0.25, 0.3) is 0 Å². The third-order valence-corrected chi connectivity index (χ3v) is 4.69. The molecule has 0 aromatic heterocycles. The lowest BCUT2D eigenvalue weighted by Crippen LogP contribution is -2.78. The summed E-state index contributed by atoms with van der Waals surface area (Å²) in [5, 5.41) is 0. The monoisotopic (exact) mass is 222 g/mol. The summed E-state index contributed by atoms with van der Waals surface area (Å²) < 4.78 is 0. The Hall–Kier alpha value is -0.410. The number of rotatable bonds is 2. The lowest BCUT2D eigenvalue weighted by molar-refractivity contribution is -0.196. The first-order valence-corrected chi connectivity index (χ1v) is 6.52. The van der Waals surface area contributed by atoms with Crippen LogP contribution in [0.5, 0.6) is 0 Å². The van der Waals surface area contributed by atoms with Gasteiger partial charge in [-0.05, 0) is 6.42 Å². The molecule has 0 N–H and O–H groups in total. The van der Waals surface area contributed by atoms with Gasteiger partial charge in [-0.1, -0.05) is 27.2 Å². The van der Waals surface area contributed by atoms with Crippen LogP contribution in [0.4, 0.5) is 0 Å². The number of Topliss-reactive ketones (excluding diaryl/α,β-unsaturated/α-hetero) is 1. The van der Waals surface area contributed by atoms with E-state index < -0.39 is 0 Å². The highest BCUT2D eigenvalue weighted by atomic mass is 16.1. The van der Waals surface area contributed by atoms with Gasteiger partial charge in [0.15, 0.2) is 0 Å². The normalized spacial score (nSPS) is 54.7. The van der Waals surface area contributed by atoms with Crippen LogP contribution < -0.4 is 0 Å². The number of nitrogens with zero attached hydrogens (tertiary/aromatic N) is 2. The van der Waals surface area contributed by atoms with Gasteiger partial charge in [0, 0.05) is 26.2 Å². The molecule has 4 rings (SSSR count). The molecule has 4 saturated heterocycles. The van der Waals surface area contributed by atoms with Crippen LogP contribution in [0, 0.1) is 10.8 Å². The summed E-state index contributed by atoms with van der Waals surface area (Å²) >= 11 is 0. The van der Waals surface area contributed by atoms with Crippen molar-refractivity contribution < 1.29 is 4.79 Å². The van der Waals surface area contributed by atoms with Gasteiger partial charge in [0.2, 0.25) is 0 Å². The molecule has 4 aliphatic rings. The van der Waals surface area contributed by atoms with E-state index in [-0.39, 0.29) is 10.8 Å². The SMILES string of the molecule is CCCC1N2CC3(C)CN1CC(C)(C2)C3=O. The van der Waals surface area contributed by atoms with Gasteiger partial charge < -0.3 is 0 Å². The van der Waals surface area contributed by atoms with Crippen molar-refractivity contribution in [3.05, 3.63) is 0 Å². The first-order chi connectivity index (χ1) is 7.48. The van der Waals surface area contributed by atoms with Gasteiger partial charge in [0.1, 0.15) is 5.78 Å². The standard InChI is InChI=1S/C13H22N2O/c1-4-5-10-14-6-12(2)7-15(10)9-13(3,8-14)11(12)16/h10H,4-9H2,1-3H3. The molecule has 16 heavy (non-hydrogen) atoms. The fraction of sp³-hybridized carbons (Fsp3) is 0.923. The molecule has 0 aromatic carbocycles. The molecule has 0 atom stereocenters. The highest BCUT2D eigenvalue weighted by molar-refractivity contribution is 5.92. The van der Waals surface area contributed by atoms with E-state index in [1.54, 1.807) is 0 Å². The van der Waals surface area contributed by atoms with Crippen LogP contribution in [-0.2, 0) is 4.79 Å². The smallest absolute Gasteiger partial charge is 0.149 e. The molecule has 0 spiro atoms. The van der Waals surface area contributed by atoms with Crippen molar-refractivity contribution in [3.8, 4) is 0 Å². The summed E-state index contributed by atoms with van der Waals surface area (Å²) in [6, 6.07) is 0. The van der Waals surface area contributed by atoms with Crippen molar-refractivity contribution in [3.63, 3.8) is 0 Å². The molecule has 0 aliphatic carbocycles. The molecule has 4 bridgehead atoms. The summed E-state index contributed by atoms with van der Waals surface area (Å²) in [4.78, 5) is 17.5. The Balaban J connectivity index is 1.94. The van der Waals surface area contributed by atoms with Gasteiger partial charge in [-0.15, -0.1) is 0 Å². The van der Waals surface area contributed by atoms with E-state index in [2.05, 4.69) is 30.6 Å². The average Bonchev–Trinajstić information content (AvgIpc) is 2.18. The minimum absolute atomic E-state index is 0.0878. The molecule has 0 aromatic rings. The second kappa shape index (κ2) is 3.08. The lowest BCUT2D eigenvalue weighted by Gasteiger charge is -2.64. The zero-order chi connectivity index (χ0) is 11.6. The van der Waals surface area contributed by atoms with E-state index in [4.69, 9.17) is 0 Å². The summed E-state index contributed by atoms with van der Waals surface area (Å²) in [6.45, 7) is 10.5. The molecule has 0 radical (unpaired) electrons. The van der Waals surface area contributed by atoms with Gasteiger partial charge in [0.05, 0.1) is 17.0 Å². The second-order valence-electron chi connectivity index (χ2n) is 6.53. The van der Waals surface area contributed by atoms with Crippen LogP contribution in [0.15, 0.2) is 0 Å². The molecular weight excluding hydrogens is 200 g/mol. The Labute approximate surface area is 97.8 Å². The Bertz CT molecular complexity index is 299. The number of hydrogen-bond acceptors (Lipinski definition) is 3. The van der Waals surface area contributed by atoms with E-state index in [9.17, 15) is 4.79 Å². The maximum absolute atomic E-state index is 12.4. The maximum atomic E-state index is 12.4. The summed E-state index contributed by atoms with van der Waals surface area (Å²) in [6.07, 6.45) is 3.10. The third-order valence-electron chi connectivity index (χ3n) is 4.69. The molecule has 4 fully saturated rings. The molecule has 3 nitrogen and oxygen atoms in total. The highest BCUT2D eigenvalue weighted by Crippen LogP contribution is 2.48. The van der Waals surface area contributed by atoms with Crippen LogP contribution in [0.2, 0.25) is 0 Å². The molecule has 4 aliphatic heterocycles. The molecule has 0 unspecified atom stereocenters. The van der Waals surface area contributed by atoms with E-state index in [0.29, 0.717) is 11.9 Å². The predicted octanol–water partition coefficient (Wildman–Crippen LogP) is 1.34. The highest BCUT2D eigenvalue weighted by Gasteiger charge is 2.61. The summed E-state index contributed by atoms with van der Waals surface area (Å²) in [5.74, 6) is 0.516. The molecule has 0 amide bonds. The van der Waals surface area contributed by atoms with Crippen molar-refractivity contribution in [2.75, 3.05) is 26.2 Å². The Morgan fingerprint density at radius 1 is 1.12 bits per heavy atom. The molecule has 4 heterocycles. The quantitative estimate of drug-likeness (QED) is 0.704.